The first-order chi connectivity index (χ1) is 16.1. The standard InChI is InChI=1S/4C4H7N2O2.Hf/c4*7-3-5-1-2-6-4-8;/h4*1,3-4H,2H2,(H,5,7)(H,6,8);. The predicted molar refractivity (Wildman–Crippen MR) is 108 cm³/mol. The van der Waals surface area contributed by atoms with E-state index in [1.54, 1.807) is 0 Å². The van der Waals surface area contributed by atoms with E-state index in [-0.39, 0.29) is 26.2 Å². The summed E-state index contributed by atoms with van der Waals surface area (Å²) in [6.07, 6.45) is 2.81. The molecular weight excluding hydrogens is 611 g/mol. The molecule has 0 saturated carbocycles. The zero-order valence-corrected chi connectivity index (χ0v) is 21.1. The van der Waals surface area contributed by atoms with Crippen molar-refractivity contribution in [1.82, 2.24) is 42.5 Å². The zero-order chi connectivity index (χ0) is 25.0. The summed E-state index contributed by atoms with van der Waals surface area (Å²) in [7, 11) is 0. The summed E-state index contributed by atoms with van der Waals surface area (Å²) in [4.78, 5) is 90.3. The number of nitrogens with one attached hydrogen (secondary N) is 8. The third-order valence-corrected chi connectivity index (χ3v) is 27.8. The van der Waals surface area contributed by atoms with Gasteiger partial charge >= 0.3 is 194 Å². The van der Waals surface area contributed by atoms with Gasteiger partial charge in [0.2, 0.25) is 0 Å². The van der Waals surface area contributed by atoms with Gasteiger partial charge in [0.25, 0.3) is 0 Å². The van der Waals surface area contributed by atoms with Crippen LogP contribution in [-0.4, -0.2) is 92.7 Å². The van der Waals surface area contributed by atoms with Gasteiger partial charge in [-0.2, -0.15) is 0 Å². The Morgan fingerprint density at radius 2 is 0.606 bits per heavy atom. The van der Waals surface area contributed by atoms with Crippen molar-refractivity contribution in [3.63, 3.8) is 0 Å². The molecule has 0 aromatic rings. The number of amides is 8. The number of rotatable bonds is 24. The van der Waals surface area contributed by atoms with Crippen LogP contribution in [0.5, 0.6) is 0 Å². The molecule has 0 spiro atoms. The Bertz CT molecular complexity index is 548. The summed E-state index contributed by atoms with van der Waals surface area (Å²) in [5, 5.41) is 20.1. The Balaban J connectivity index is 7.24. The summed E-state index contributed by atoms with van der Waals surface area (Å²) >= 11 is -5.07. The van der Waals surface area contributed by atoms with Crippen LogP contribution in [0.1, 0.15) is 0 Å². The fraction of sp³-hybridized carbons (Fsp3) is 0.500. The number of carbonyl (C=O) groups is 8. The molecule has 0 aromatic heterocycles. The van der Waals surface area contributed by atoms with Crippen LogP contribution < -0.4 is 42.5 Å². The molecule has 0 radical (unpaired) electrons. The van der Waals surface area contributed by atoms with E-state index in [1.165, 1.54) is 0 Å². The van der Waals surface area contributed by atoms with Crippen LogP contribution in [-0.2, 0) is 58.3 Å². The van der Waals surface area contributed by atoms with E-state index >= 15 is 0 Å². The van der Waals surface area contributed by atoms with Crippen LogP contribution in [0.4, 0.5) is 0 Å². The van der Waals surface area contributed by atoms with Gasteiger partial charge < -0.3 is 0 Å². The first-order valence-electron chi connectivity index (χ1n) is 9.55. The monoisotopic (exact) mass is 640 g/mol. The molecule has 16 nitrogen and oxygen atoms in total. The first-order valence-corrected chi connectivity index (χ1v) is 17.8. The Hall–Kier alpha value is -3.37. The summed E-state index contributed by atoms with van der Waals surface area (Å²) in [6, 6.07) is 0. The van der Waals surface area contributed by atoms with Crippen molar-refractivity contribution in [2.75, 3.05) is 26.2 Å². The van der Waals surface area contributed by atoms with Gasteiger partial charge in [-0.15, -0.1) is 0 Å². The second-order valence-corrected chi connectivity index (χ2v) is 23.7. The number of hydrogen-bond acceptors (Lipinski definition) is 8. The van der Waals surface area contributed by atoms with Crippen molar-refractivity contribution in [1.29, 1.82) is 0 Å². The molecule has 0 saturated heterocycles. The van der Waals surface area contributed by atoms with Gasteiger partial charge in [0.15, 0.2) is 0 Å². The maximum absolute atomic E-state index is 11.5. The van der Waals surface area contributed by atoms with Crippen LogP contribution in [0.15, 0.2) is 0 Å². The Morgan fingerprint density at radius 3 is 0.758 bits per heavy atom. The average molecular weight is 639 g/mol. The van der Waals surface area contributed by atoms with E-state index in [4.69, 9.17) is 0 Å². The van der Waals surface area contributed by atoms with Crippen molar-refractivity contribution in [3.05, 3.63) is 0 Å². The van der Waals surface area contributed by atoms with Gasteiger partial charge in [0, 0.05) is 0 Å². The molecular formula is C16H28HfN8O8. The third-order valence-electron chi connectivity index (χ3n) is 5.11. The first kappa shape index (κ1) is 29.6. The number of hydrogen-bond donors (Lipinski definition) is 8. The van der Waals surface area contributed by atoms with Crippen molar-refractivity contribution >= 4 is 51.3 Å². The number of carbonyl (C=O) groups excluding carboxylic acids is 8. The second-order valence-electron chi connectivity index (χ2n) is 6.45. The molecule has 4 unspecified atom stereocenters. The quantitative estimate of drug-likeness (QED) is 0.0373. The molecule has 0 aromatic carbocycles. The molecule has 184 valence electrons. The topological polar surface area (TPSA) is 233 Å². The maximum atomic E-state index is 11.5. The molecule has 0 bridgehead atoms. The zero-order valence-electron chi connectivity index (χ0n) is 17.5. The molecule has 0 rings (SSSR count). The summed E-state index contributed by atoms with van der Waals surface area (Å²) in [6.45, 7) is -0.729. The molecule has 0 aliphatic carbocycles. The fourth-order valence-electron chi connectivity index (χ4n) is 3.97. The molecule has 17 heteroatoms. The molecule has 4 atom stereocenters. The average Bonchev–Trinajstić information content (AvgIpc) is 2.82. The second kappa shape index (κ2) is 18.2. The summed E-state index contributed by atoms with van der Waals surface area (Å²) in [5.41, 5.74) is 0. The van der Waals surface area contributed by atoms with Crippen LogP contribution in [0.3, 0.4) is 0 Å². The fourth-order valence-corrected chi connectivity index (χ4v) is 26.3. The summed E-state index contributed by atoms with van der Waals surface area (Å²) < 4.78 is -3.71. The van der Waals surface area contributed by atoms with E-state index in [1.807, 2.05) is 0 Å². The molecule has 33 heavy (non-hydrogen) atoms. The minimum absolute atomic E-state index is 0.182. The van der Waals surface area contributed by atoms with Crippen molar-refractivity contribution in [2.45, 2.75) is 15.2 Å². The van der Waals surface area contributed by atoms with Crippen molar-refractivity contribution in [2.24, 2.45) is 0 Å². The van der Waals surface area contributed by atoms with Crippen molar-refractivity contribution in [3.8, 4) is 0 Å². The Morgan fingerprint density at radius 1 is 0.394 bits per heavy atom. The molecule has 0 aliphatic rings. The minimum atomic E-state index is -5.07. The predicted octanol–water partition coefficient (Wildman–Crippen LogP) is -6.59. The molecule has 0 heterocycles. The third kappa shape index (κ3) is 8.59. The van der Waals surface area contributed by atoms with E-state index in [9.17, 15) is 38.4 Å². The van der Waals surface area contributed by atoms with Crippen molar-refractivity contribution < 1.29 is 58.3 Å². The van der Waals surface area contributed by atoms with E-state index in [0.29, 0.717) is 51.3 Å². The van der Waals surface area contributed by atoms with Crippen LogP contribution >= 0.6 is 0 Å². The van der Waals surface area contributed by atoms with Crippen LogP contribution in [0.2, 0.25) is 0 Å². The van der Waals surface area contributed by atoms with E-state index in [0.717, 1.165) is 0 Å². The van der Waals surface area contributed by atoms with Crippen LogP contribution in [0.25, 0.3) is 0 Å². The van der Waals surface area contributed by atoms with Gasteiger partial charge in [0.1, 0.15) is 0 Å². The van der Waals surface area contributed by atoms with Gasteiger partial charge in [-0.1, -0.05) is 0 Å². The Labute approximate surface area is 193 Å². The van der Waals surface area contributed by atoms with E-state index in [2.05, 4.69) is 42.5 Å². The van der Waals surface area contributed by atoms with Gasteiger partial charge in [-0.3, -0.25) is 0 Å². The Kier molecular flexibility index (Phi) is 16.4. The normalized spacial score (nSPS) is 15.3. The molecule has 8 amide bonds. The van der Waals surface area contributed by atoms with Gasteiger partial charge in [0.05, 0.1) is 0 Å². The molecule has 0 aliphatic heterocycles. The van der Waals surface area contributed by atoms with Gasteiger partial charge in [-0.05, 0) is 0 Å². The SMILES string of the molecule is O=CNC[CH](NC=O)[Hf]([CH](CNC=O)NC=O)([CH](CNC=O)NC=O)[CH](CNC=O)NC=O. The van der Waals surface area contributed by atoms with Gasteiger partial charge in [-0.25, -0.2) is 0 Å². The van der Waals surface area contributed by atoms with E-state index < -0.39 is 35.2 Å². The summed E-state index contributed by atoms with van der Waals surface area (Å²) in [5.74, 6) is 0. The molecule has 8 N–H and O–H groups in total. The molecule has 0 fully saturated rings. The van der Waals surface area contributed by atoms with Crippen LogP contribution in [0, 0.1) is 0 Å².